The number of rotatable bonds is 6. The Morgan fingerprint density at radius 2 is 2.29 bits per heavy atom. The molecule has 4 heteroatoms. The molecule has 0 unspecified atom stereocenters. The van der Waals surface area contributed by atoms with Gasteiger partial charge in [0.25, 0.3) is 5.91 Å². The summed E-state index contributed by atoms with van der Waals surface area (Å²) in [6.45, 7) is 4.14. The number of hydrogen-bond donors (Lipinski definition) is 2. The van der Waals surface area contributed by atoms with Crippen LogP contribution in [0.4, 0.5) is 0 Å². The first-order valence-corrected chi connectivity index (χ1v) is 7.36. The van der Waals surface area contributed by atoms with Crippen LogP contribution in [0.5, 0.6) is 0 Å². The van der Waals surface area contributed by atoms with Crippen molar-refractivity contribution >= 4 is 5.91 Å². The molecule has 1 aliphatic carbocycles. The predicted molar refractivity (Wildman–Crippen MR) is 83.0 cm³/mol. The van der Waals surface area contributed by atoms with E-state index in [4.69, 9.17) is 10.5 Å². The third kappa shape index (κ3) is 5.22. The summed E-state index contributed by atoms with van der Waals surface area (Å²) < 4.78 is 5.50. The quantitative estimate of drug-likeness (QED) is 0.615. The highest BCUT2D eigenvalue weighted by atomic mass is 16.5. The molecule has 1 aromatic rings. The average Bonchev–Trinajstić information content (AvgIpc) is 3.30. The lowest BCUT2D eigenvalue weighted by Crippen LogP contribution is -2.28. The van der Waals surface area contributed by atoms with Crippen molar-refractivity contribution in [1.82, 2.24) is 5.32 Å². The zero-order valence-electron chi connectivity index (χ0n) is 12.4. The Bertz CT molecular complexity index is 554. The van der Waals surface area contributed by atoms with Gasteiger partial charge in [-0.05, 0) is 43.4 Å². The summed E-state index contributed by atoms with van der Waals surface area (Å²) in [5.74, 6) is 6.40. The summed E-state index contributed by atoms with van der Waals surface area (Å²) in [7, 11) is 0. The number of amides is 1. The maximum Gasteiger partial charge on any atom is 0.251 e. The molecular weight excluding hydrogens is 264 g/mol. The Balaban J connectivity index is 1.84. The molecule has 1 saturated carbocycles. The molecule has 0 radical (unpaired) electrons. The van der Waals surface area contributed by atoms with Crippen molar-refractivity contribution in [2.45, 2.75) is 19.8 Å². The Hall–Kier alpha value is -1.83. The van der Waals surface area contributed by atoms with E-state index < -0.39 is 0 Å². The smallest absolute Gasteiger partial charge is 0.251 e. The fraction of sp³-hybridized carbons (Fsp3) is 0.471. The first kappa shape index (κ1) is 15.6. The van der Waals surface area contributed by atoms with Gasteiger partial charge in [-0.25, -0.2) is 0 Å². The third-order valence-corrected chi connectivity index (χ3v) is 3.40. The standard InChI is InChI=1S/C17H22N2O2/c1-13-4-5-14(3-2-8-18)11-16(13)17(20)19-9-10-21-12-15-6-7-15/h4-5,11,15H,6-10,12,18H2,1H3,(H,19,20). The van der Waals surface area contributed by atoms with Gasteiger partial charge in [0.2, 0.25) is 0 Å². The molecule has 1 fully saturated rings. The predicted octanol–water partition coefficient (Wildman–Crippen LogP) is 1.46. The van der Waals surface area contributed by atoms with Crippen molar-refractivity contribution in [3.05, 3.63) is 34.9 Å². The molecule has 1 aromatic carbocycles. The zero-order chi connectivity index (χ0) is 15.1. The largest absolute Gasteiger partial charge is 0.379 e. The summed E-state index contributed by atoms with van der Waals surface area (Å²) in [5, 5.41) is 2.88. The summed E-state index contributed by atoms with van der Waals surface area (Å²) in [6, 6.07) is 5.60. The number of nitrogens with two attached hydrogens (primary N) is 1. The Morgan fingerprint density at radius 1 is 1.48 bits per heavy atom. The van der Waals surface area contributed by atoms with E-state index in [1.54, 1.807) is 6.07 Å². The average molecular weight is 286 g/mol. The molecule has 1 amide bonds. The van der Waals surface area contributed by atoms with Gasteiger partial charge in [0.05, 0.1) is 13.2 Å². The highest BCUT2D eigenvalue weighted by Crippen LogP contribution is 2.28. The van der Waals surface area contributed by atoms with Crippen molar-refractivity contribution in [3.8, 4) is 11.8 Å². The van der Waals surface area contributed by atoms with Crippen LogP contribution in [0.3, 0.4) is 0 Å². The van der Waals surface area contributed by atoms with Gasteiger partial charge in [-0.3, -0.25) is 4.79 Å². The van der Waals surface area contributed by atoms with E-state index in [1.807, 2.05) is 19.1 Å². The van der Waals surface area contributed by atoms with Crippen molar-refractivity contribution in [2.75, 3.05) is 26.3 Å². The molecule has 0 heterocycles. The molecular formula is C17H22N2O2. The van der Waals surface area contributed by atoms with E-state index in [9.17, 15) is 4.79 Å². The molecule has 2 rings (SSSR count). The van der Waals surface area contributed by atoms with Crippen LogP contribution in [0.2, 0.25) is 0 Å². The molecule has 3 N–H and O–H groups in total. The van der Waals surface area contributed by atoms with E-state index in [2.05, 4.69) is 17.2 Å². The van der Waals surface area contributed by atoms with E-state index in [0.29, 0.717) is 25.3 Å². The first-order valence-electron chi connectivity index (χ1n) is 7.36. The van der Waals surface area contributed by atoms with Gasteiger partial charge in [-0.1, -0.05) is 17.9 Å². The van der Waals surface area contributed by atoms with Gasteiger partial charge in [0, 0.05) is 24.3 Å². The van der Waals surface area contributed by atoms with Gasteiger partial charge in [0.15, 0.2) is 0 Å². The van der Waals surface area contributed by atoms with E-state index in [1.165, 1.54) is 12.8 Å². The fourth-order valence-corrected chi connectivity index (χ4v) is 1.96. The van der Waals surface area contributed by atoms with Crippen LogP contribution in [0.15, 0.2) is 18.2 Å². The zero-order valence-corrected chi connectivity index (χ0v) is 12.4. The lowest BCUT2D eigenvalue weighted by atomic mass is 10.0. The second-order valence-electron chi connectivity index (χ2n) is 5.31. The third-order valence-electron chi connectivity index (χ3n) is 3.40. The number of nitrogens with one attached hydrogen (secondary N) is 1. The number of carbonyl (C=O) groups is 1. The van der Waals surface area contributed by atoms with Gasteiger partial charge >= 0.3 is 0 Å². The van der Waals surface area contributed by atoms with Gasteiger partial charge in [-0.15, -0.1) is 0 Å². The van der Waals surface area contributed by atoms with E-state index >= 15 is 0 Å². The summed E-state index contributed by atoms with van der Waals surface area (Å²) in [4.78, 5) is 12.2. The van der Waals surface area contributed by atoms with Crippen LogP contribution < -0.4 is 11.1 Å². The van der Waals surface area contributed by atoms with Crippen molar-refractivity contribution in [1.29, 1.82) is 0 Å². The van der Waals surface area contributed by atoms with Crippen LogP contribution in [0.25, 0.3) is 0 Å². The molecule has 0 spiro atoms. The second kappa shape index (κ2) is 7.82. The molecule has 1 aliphatic rings. The van der Waals surface area contributed by atoms with E-state index in [0.717, 1.165) is 23.7 Å². The van der Waals surface area contributed by atoms with Gasteiger partial charge in [0.1, 0.15) is 0 Å². The maximum atomic E-state index is 12.2. The van der Waals surface area contributed by atoms with Crippen LogP contribution in [-0.2, 0) is 4.74 Å². The maximum absolute atomic E-state index is 12.2. The SMILES string of the molecule is Cc1ccc(C#CCN)cc1C(=O)NCCOCC1CC1. The number of hydrogen-bond acceptors (Lipinski definition) is 3. The molecule has 0 atom stereocenters. The van der Waals surface area contributed by atoms with Crippen LogP contribution in [-0.4, -0.2) is 32.2 Å². The molecule has 0 bridgehead atoms. The lowest BCUT2D eigenvalue weighted by molar-refractivity contribution is 0.0906. The topological polar surface area (TPSA) is 64.4 Å². The highest BCUT2D eigenvalue weighted by Gasteiger charge is 2.20. The first-order chi connectivity index (χ1) is 10.2. The Morgan fingerprint density at radius 3 is 3.00 bits per heavy atom. The van der Waals surface area contributed by atoms with Crippen molar-refractivity contribution < 1.29 is 9.53 Å². The minimum atomic E-state index is -0.0843. The Kier molecular flexibility index (Phi) is 5.79. The number of ether oxygens (including phenoxy) is 1. The number of benzene rings is 1. The van der Waals surface area contributed by atoms with Crippen molar-refractivity contribution in [3.63, 3.8) is 0 Å². The highest BCUT2D eigenvalue weighted by molar-refractivity contribution is 5.96. The molecule has 0 aromatic heterocycles. The lowest BCUT2D eigenvalue weighted by Gasteiger charge is -2.08. The minimum Gasteiger partial charge on any atom is -0.379 e. The summed E-state index contributed by atoms with van der Waals surface area (Å²) in [6.07, 6.45) is 2.56. The molecule has 0 aliphatic heterocycles. The van der Waals surface area contributed by atoms with E-state index in [-0.39, 0.29) is 5.91 Å². The van der Waals surface area contributed by atoms with Crippen LogP contribution >= 0.6 is 0 Å². The van der Waals surface area contributed by atoms with Crippen LogP contribution in [0.1, 0.15) is 34.3 Å². The molecule has 21 heavy (non-hydrogen) atoms. The van der Waals surface area contributed by atoms with Crippen molar-refractivity contribution in [2.24, 2.45) is 11.7 Å². The molecule has 112 valence electrons. The second-order valence-corrected chi connectivity index (χ2v) is 5.31. The Labute approximate surface area is 126 Å². The number of carbonyl (C=O) groups excluding carboxylic acids is 1. The molecule has 0 saturated heterocycles. The molecule has 4 nitrogen and oxygen atoms in total. The fourth-order valence-electron chi connectivity index (χ4n) is 1.96. The summed E-state index contributed by atoms with van der Waals surface area (Å²) >= 11 is 0. The van der Waals surface area contributed by atoms with Crippen LogP contribution in [0, 0.1) is 24.7 Å². The number of aryl methyl sites for hydroxylation is 1. The summed E-state index contributed by atoms with van der Waals surface area (Å²) in [5.41, 5.74) is 7.75. The monoisotopic (exact) mass is 286 g/mol. The normalized spacial score (nSPS) is 13.4. The minimum absolute atomic E-state index is 0.0843. The van der Waals surface area contributed by atoms with Gasteiger partial charge in [-0.2, -0.15) is 0 Å². The van der Waals surface area contributed by atoms with Gasteiger partial charge < -0.3 is 15.8 Å².